The van der Waals surface area contributed by atoms with Gasteiger partial charge in [0.2, 0.25) is 5.91 Å². The zero-order valence-corrected chi connectivity index (χ0v) is 12.0. The maximum atomic E-state index is 12.0. The van der Waals surface area contributed by atoms with E-state index in [1.807, 2.05) is 24.3 Å². The Morgan fingerprint density at radius 3 is 2.95 bits per heavy atom. The van der Waals surface area contributed by atoms with Gasteiger partial charge >= 0.3 is 0 Å². The highest BCUT2D eigenvalue weighted by molar-refractivity contribution is 5.77. The predicted octanol–water partition coefficient (Wildman–Crippen LogP) is 1.92. The van der Waals surface area contributed by atoms with E-state index < -0.39 is 6.10 Å². The van der Waals surface area contributed by atoms with E-state index in [1.54, 1.807) is 0 Å². The molecule has 0 bridgehead atoms. The van der Waals surface area contributed by atoms with E-state index in [-0.39, 0.29) is 11.9 Å². The summed E-state index contributed by atoms with van der Waals surface area (Å²) in [6, 6.07) is 7.76. The number of aliphatic hydroxyl groups excluding tert-OH is 1. The fraction of sp³-hybridized carbons (Fsp3) is 0.500. The number of aryl methyl sites for hydroxylation is 1. The van der Waals surface area contributed by atoms with Crippen molar-refractivity contribution in [1.29, 1.82) is 0 Å². The first kappa shape index (κ1) is 14.1. The van der Waals surface area contributed by atoms with E-state index in [2.05, 4.69) is 15.3 Å². The van der Waals surface area contributed by atoms with E-state index in [1.165, 1.54) is 0 Å². The molecule has 5 nitrogen and oxygen atoms in total. The van der Waals surface area contributed by atoms with Gasteiger partial charge in [0.15, 0.2) is 0 Å². The summed E-state index contributed by atoms with van der Waals surface area (Å²) in [4.78, 5) is 19.7. The Hall–Kier alpha value is -1.88. The van der Waals surface area contributed by atoms with Gasteiger partial charge in [-0.3, -0.25) is 4.79 Å². The zero-order valence-electron chi connectivity index (χ0n) is 12.0. The summed E-state index contributed by atoms with van der Waals surface area (Å²) in [5.74, 6) is 0.817. The summed E-state index contributed by atoms with van der Waals surface area (Å²) in [7, 11) is 0. The van der Waals surface area contributed by atoms with Crippen LogP contribution in [0.25, 0.3) is 11.0 Å². The molecule has 1 aromatic carbocycles. The Morgan fingerprint density at radius 1 is 1.33 bits per heavy atom. The maximum absolute atomic E-state index is 12.0. The SMILES string of the molecule is O=C(CCc1nc2ccccc2[nH]1)NC1CCCCC1O. The molecule has 1 aromatic heterocycles. The molecule has 0 saturated heterocycles. The van der Waals surface area contributed by atoms with Crippen LogP contribution in [-0.4, -0.2) is 33.1 Å². The summed E-state index contributed by atoms with van der Waals surface area (Å²) in [6.45, 7) is 0. The van der Waals surface area contributed by atoms with Gasteiger partial charge in [-0.15, -0.1) is 0 Å². The number of aromatic amines is 1. The molecule has 2 atom stereocenters. The van der Waals surface area contributed by atoms with E-state index in [4.69, 9.17) is 0 Å². The van der Waals surface area contributed by atoms with Crippen molar-refractivity contribution in [3.05, 3.63) is 30.1 Å². The molecule has 1 fully saturated rings. The first-order valence-electron chi connectivity index (χ1n) is 7.63. The number of rotatable bonds is 4. The lowest BCUT2D eigenvalue weighted by Crippen LogP contribution is -2.45. The molecule has 0 aliphatic heterocycles. The van der Waals surface area contributed by atoms with Gasteiger partial charge in [0.1, 0.15) is 5.82 Å². The topological polar surface area (TPSA) is 78.0 Å². The van der Waals surface area contributed by atoms with Gasteiger partial charge < -0.3 is 15.4 Å². The Labute approximate surface area is 123 Å². The second kappa shape index (κ2) is 6.26. The number of nitrogens with one attached hydrogen (secondary N) is 2. The fourth-order valence-corrected chi connectivity index (χ4v) is 2.91. The molecule has 2 unspecified atom stereocenters. The van der Waals surface area contributed by atoms with Crippen LogP contribution in [0.3, 0.4) is 0 Å². The Morgan fingerprint density at radius 2 is 2.14 bits per heavy atom. The molecule has 1 aliphatic carbocycles. The molecule has 0 radical (unpaired) electrons. The van der Waals surface area contributed by atoms with Crippen molar-refractivity contribution in [2.24, 2.45) is 0 Å². The number of imidazole rings is 1. The number of aromatic nitrogens is 2. The maximum Gasteiger partial charge on any atom is 0.220 e. The van der Waals surface area contributed by atoms with Crippen molar-refractivity contribution in [1.82, 2.24) is 15.3 Å². The quantitative estimate of drug-likeness (QED) is 0.804. The van der Waals surface area contributed by atoms with Crippen molar-refractivity contribution in [3.8, 4) is 0 Å². The second-order valence-corrected chi connectivity index (χ2v) is 5.73. The summed E-state index contributed by atoms with van der Waals surface area (Å²) in [6.07, 6.45) is 4.37. The van der Waals surface area contributed by atoms with E-state index in [9.17, 15) is 9.90 Å². The third kappa shape index (κ3) is 3.42. The summed E-state index contributed by atoms with van der Waals surface area (Å²) < 4.78 is 0. The largest absolute Gasteiger partial charge is 0.391 e. The van der Waals surface area contributed by atoms with Crippen LogP contribution in [0.2, 0.25) is 0 Å². The van der Waals surface area contributed by atoms with Gasteiger partial charge in [-0.2, -0.15) is 0 Å². The van der Waals surface area contributed by atoms with Gasteiger partial charge in [0.25, 0.3) is 0 Å². The van der Waals surface area contributed by atoms with Crippen LogP contribution in [0.15, 0.2) is 24.3 Å². The molecule has 5 heteroatoms. The zero-order chi connectivity index (χ0) is 14.7. The van der Waals surface area contributed by atoms with Crippen LogP contribution in [0.4, 0.5) is 0 Å². The molecule has 112 valence electrons. The van der Waals surface area contributed by atoms with Crippen molar-refractivity contribution < 1.29 is 9.90 Å². The summed E-state index contributed by atoms with van der Waals surface area (Å²) >= 11 is 0. The highest BCUT2D eigenvalue weighted by Crippen LogP contribution is 2.18. The molecular weight excluding hydrogens is 266 g/mol. The average Bonchev–Trinajstić information content (AvgIpc) is 2.90. The molecule has 1 heterocycles. The van der Waals surface area contributed by atoms with Gasteiger partial charge in [-0.05, 0) is 25.0 Å². The van der Waals surface area contributed by atoms with E-state index >= 15 is 0 Å². The van der Waals surface area contributed by atoms with Crippen LogP contribution in [-0.2, 0) is 11.2 Å². The standard InChI is InChI=1S/C16H21N3O2/c20-14-8-4-3-7-13(14)19-16(21)10-9-15-17-11-5-1-2-6-12(11)18-15/h1-2,5-6,13-14,20H,3-4,7-10H2,(H,17,18)(H,19,21). The second-order valence-electron chi connectivity index (χ2n) is 5.73. The molecule has 1 amide bonds. The molecule has 0 spiro atoms. The van der Waals surface area contributed by atoms with Crippen molar-refractivity contribution in [3.63, 3.8) is 0 Å². The first-order chi connectivity index (χ1) is 10.2. The minimum atomic E-state index is -0.395. The molecule has 1 saturated carbocycles. The van der Waals surface area contributed by atoms with Crippen molar-refractivity contribution in [2.45, 2.75) is 50.7 Å². The molecule has 1 aliphatic rings. The van der Waals surface area contributed by atoms with E-state index in [0.717, 1.165) is 42.5 Å². The Balaban J connectivity index is 1.53. The average molecular weight is 287 g/mol. The summed E-state index contributed by atoms with van der Waals surface area (Å²) in [5, 5.41) is 12.8. The van der Waals surface area contributed by atoms with Gasteiger partial charge in [-0.25, -0.2) is 4.98 Å². The van der Waals surface area contributed by atoms with Gasteiger partial charge in [-0.1, -0.05) is 25.0 Å². The number of carbonyl (C=O) groups excluding carboxylic acids is 1. The van der Waals surface area contributed by atoms with Gasteiger partial charge in [0, 0.05) is 12.8 Å². The molecule has 3 N–H and O–H groups in total. The number of fused-ring (bicyclic) bond motifs is 1. The van der Waals surface area contributed by atoms with Crippen LogP contribution in [0, 0.1) is 0 Å². The number of para-hydroxylation sites is 2. The summed E-state index contributed by atoms with van der Waals surface area (Å²) in [5.41, 5.74) is 1.92. The van der Waals surface area contributed by atoms with Crippen molar-refractivity contribution in [2.75, 3.05) is 0 Å². The number of carbonyl (C=O) groups is 1. The molecular formula is C16H21N3O2. The van der Waals surface area contributed by atoms with Gasteiger partial charge in [0.05, 0.1) is 23.2 Å². The monoisotopic (exact) mass is 287 g/mol. The van der Waals surface area contributed by atoms with Crippen molar-refractivity contribution >= 4 is 16.9 Å². The minimum absolute atomic E-state index is 0.0126. The normalized spacial score (nSPS) is 22.3. The highest BCUT2D eigenvalue weighted by atomic mass is 16.3. The van der Waals surface area contributed by atoms with E-state index in [0.29, 0.717) is 12.8 Å². The van der Waals surface area contributed by atoms with Crippen LogP contribution < -0.4 is 5.32 Å². The fourth-order valence-electron chi connectivity index (χ4n) is 2.91. The number of aliphatic hydroxyl groups is 1. The number of hydrogen-bond acceptors (Lipinski definition) is 3. The van der Waals surface area contributed by atoms with Crippen LogP contribution in [0.1, 0.15) is 37.9 Å². The lowest BCUT2D eigenvalue weighted by molar-refractivity contribution is -0.123. The smallest absolute Gasteiger partial charge is 0.220 e. The highest BCUT2D eigenvalue weighted by Gasteiger charge is 2.24. The molecule has 3 rings (SSSR count). The third-order valence-corrected chi connectivity index (χ3v) is 4.10. The first-order valence-corrected chi connectivity index (χ1v) is 7.63. The molecule has 2 aromatic rings. The Bertz CT molecular complexity index is 590. The number of benzene rings is 1. The molecule has 21 heavy (non-hydrogen) atoms. The number of hydrogen-bond donors (Lipinski definition) is 3. The number of amides is 1. The third-order valence-electron chi connectivity index (χ3n) is 4.10. The Kier molecular flexibility index (Phi) is 4.20. The number of H-pyrrole nitrogens is 1. The van der Waals surface area contributed by atoms with Crippen LogP contribution >= 0.6 is 0 Å². The lowest BCUT2D eigenvalue weighted by atomic mass is 9.92. The lowest BCUT2D eigenvalue weighted by Gasteiger charge is -2.28. The minimum Gasteiger partial charge on any atom is -0.391 e. The predicted molar refractivity (Wildman–Crippen MR) is 80.8 cm³/mol. The number of nitrogens with zero attached hydrogens (tertiary/aromatic N) is 1. The van der Waals surface area contributed by atoms with Crippen LogP contribution in [0.5, 0.6) is 0 Å².